The average molecular weight is 440 g/mol. The van der Waals surface area contributed by atoms with E-state index in [-0.39, 0.29) is 11.5 Å². The Balaban J connectivity index is 1.61. The molecule has 0 bridgehead atoms. The Morgan fingerprint density at radius 3 is 2.53 bits per heavy atom. The van der Waals surface area contributed by atoms with E-state index in [9.17, 15) is 22.4 Å². The molecule has 9 heteroatoms. The van der Waals surface area contributed by atoms with Gasteiger partial charge in [-0.3, -0.25) is 4.79 Å². The maximum atomic E-state index is 14.0. The zero-order chi connectivity index (χ0) is 23.0. The molecule has 1 amide bonds. The number of nitrogens with two attached hydrogens (primary N) is 1. The second-order valence-corrected chi connectivity index (χ2v) is 7.18. The van der Waals surface area contributed by atoms with E-state index in [0.29, 0.717) is 23.7 Å². The number of anilines is 2. The molecule has 1 heterocycles. The second-order valence-electron chi connectivity index (χ2n) is 7.18. The highest BCUT2D eigenvalue weighted by atomic mass is 19.4. The molecule has 4 aromatic rings. The molecular formula is C23H16F4N4O. The van der Waals surface area contributed by atoms with Crippen molar-refractivity contribution in [2.45, 2.75) is 13.1 Å². The van der Waals surface area contributed by atoms with Crippen molar-refractivity contribution in [3.63, 3.8) is 0 Å². The Morgan fingerprint density at radius 1 is 1.03 bits per heavy atom. The third-order valence-corrected chi connectivity index (χ3v) is 4.94. The predicted molar refractivity (Wildman–Crippen MR) is 113 cm³/mol. The van der Waals surface area contributed by atoms with Crippen molar-refractivity contribution in [2.24, 2.45) is 0 Å². The normalized spacial score (nSPS) is 11.5. The number of fused-ring (bicyclic) bond motifs is 1. The van der Waals surface area contributed by atoms with E-state index in [0.717, 1.165) is 22.1 Å². The maximum absolute atomic E-state index is 14.0. The van der Waals surface area contributed by atoms with Crippen LogP contribution in [0.5, 0.6) is 0 Å². The molecule has 0 saturated carbocycles. The summed E-state index contributed by atoms with van der Waals surface area (Å²) in [5.74, 6) is -1.51. The van der Waals surface area contributed by atoms with E-state index >= 15 is 0 Å². The minimum Gasteiger partial charge on any atom is -0.368 e. The lowest BCUT2D eigenvalue weighted by atomic mass is 9.97. The smallest absolute Gasteiger partial charge is 0.368 e. The predicted octanol–water partition coefficient (Wildman–Crippen LogP) is 5.60. The molecule has 0 spiro atoms. The van der Waals surface area contributed by atoms with E-state index < -0.39 is 29.2 Å². The standard InChI is InChI=1S/C23H16F4N4O/c1-12-8-14(21(32)30-20-10-16(23(25,26)27)4-6-18(20)24)2-5-17(12)13-3-7-19-15(9-13)11-29-22(28)31-19/h2-11H,1H3,(H,30,32)(H2,28,29,31). The maximum Gasteiger partial charge on any atom is 0.416 e. The summed E-state index contributed by atoms with van der Waals surface area (Å²) in [6.07, 6.45) is -3.04. The summed E-state index contributed by atoms with van der Waals surface area (Å²) in [6.45, 7) is 1.79. The zero-order valence-electron chi connectivity index (χ0n) is 16.7. The fourth-order valence-electron chi connectivity index (χ4n) is 3.34. The van der Waals surface area contributed by atoms with Crippen molar-refractivity contribution in [3.8, 4) is 11.1 Å². The number of nitrogens with zero attached hydrogens (tertiary/aromatic N) is 2. The van der Waals surface area contributed by atoms with Crippen LogP contribution in [0.1, 0.15) is 21.5 Å². The van der Waals surface area contributed by atoms with E-state index in [2.05, 4.69) is 15.3 Å². The van der Waals surface area contributed by atoms with E-state index in [4.69, 9.17) is 5.73 Å². The Bertz CT molecular complexity index is 1350. The summed E-state index contributed by atoms with van der Waals surface area (Å²) in [6, 6.07) is 12.2. The molecule has 0 aliphatic rings. The lowest BCUT2D eigenvalue weighted by Crippen LogP contribution is -2.14. The van der Waals surface area contributed by atoms with Gasteiger partial charge in [0.15, 0.2) is 0 Å². The number of amides is 1. The van der Waals surface area contributed by atoms with Crippen LogP contribution < -0.4 is 11.1 Å². The topological polar surface area (TPSA) is 80.9 Å². The number of halogens is 4. The Labute approximate surface area is 179 Å². The van der Waals surface area contributed by atoms with Gasteiger partial charge >= 0.3 is 6.18 Å². The van der Waals surface area contributed by atoms with E-state index in [1.807, 2.05) is 12.1 Å². The van der Waals surface area contributed by atoms with Crippen molar-refractivity contribution < 1.29 is 22.4 Å². The van der Waals surface area contributed by atoms with Gasteiger partial charge in [-0.2, -0.15) is 13.2 Å². The number of nitrogen functional groups attached to an aromatic ring is 1. The monoisotopic (exact) mass is 440 g/mol. The van der Waals surface area contributed by atoms with Gasteiger partial charge in [0.25, 0.3) is 5.91 Å². The van der Waals surface area contributed by atoms with Gasteiger partial charge in [0.1, 0.15) is 5.82 Å². The third kappa shape index (κ3) is 4.22. The number of rotatable bonds is 3. The van der Waals surface area contributed by atoms with E-state index in [1.54, 1.807) is 31.3 Å². The first-order valence-corrected chi connectivity index (χ1v) is 9.43. The van der Waals surface area contributed by atoms with Crippen molar-refractivity contribution in [1.82, 2.24) is 9.97 Å². The first kappa shape index (κ1) is 21.2. The quantitative estimate of drug-likeness (QED) is 0.407. The third-order valence-electron chi connectivity index (χ3n) is 4.94. The van der Waals surface area contributed by atoms with Gasteiger partial charge < -0.3 is 11.1 Å². The summed E-state index contributed by atoms with van der Waals surface area (Å²) in [7, 11) is 0. The molecule has 0 saturated heterocycles. The van der Waals surface area contributed by atoms with Crippen molar-refractivity contribution >= 4 is 28.4 Å². The Kier molecular flexibility index (Phi) is 5.25. The van der Waals surface area contributed by atoms with Gasteiger partial charge in [0.2, 0.25) is 5.95 Å². The van der Waals surface area contributed by atoms with Gasteiger partial charge in [-0.05, 0) is 66.1 Å². The number of carbonyl (C=O) groups is 1. The van der Waals surface area contributed by atoms with Crippen molar-refractivity contribution in [1.29, 1.82) is 0 Å². The van der Waals surface area contributed by atoms with Crippen LogP contribution in [-0.2, 0) is 6.18 Å². The Morgan fingerprint density at radius 2 is 1.81 bits per heavy atom. The molecule has 0 unspecified atom stereocenters. The molecule has 5 nitrogen and oxygen atoms in total. The average Bonchev–Trinajstić information content (AvgIpc) is 2.74. The largest absolute Gasteiger partial charge is 0.416 e. The van der Waals surface area contributed by atoms with Crippen LogP contribution in [0, 0.1) is 12.7 Å². The zero-order valence-corrected chi connectivity index (χ0v) is 16.7. The van der Waals surface area contributed by atoms with Gasteiger partial charge in [-0.25, -0.2) is 14.4 Å². The molecule has 3 N–H and O–H groups in total. The summed E-state index contributed by atoms with van der Waals surface area (Å²) in [5, 5.41) is 3.00. The highest BCUT2D eigenvalue weighted by Gasteiger charge is 2.31. The summed E-state index contributed by atoms with van der Waals surface area (Å²) in [4.78, 5) is 20.7. The first-order chi connectivity index (χ1) is 15.1. The van der Waals surface area contributed by atoms with Crippen LogP contribution in [0.3, 0.4) is 0 Å². The van der Waals surface area contributed by atoms with Gasteiger partial charge in [-0.1, -0.05) is 12.1 Å². The molecule has 0 radical (unpaired) electrons. The number of carbonyl (C=O) groups excluding carboxylic acids is 1. The first-order valence-electron chi connectivity index (χ1n) is 9.43. The molecule has 4 rings (SSSR count). The molecular weight excluding hydrogens is 424 g/mol. The number of aromatic nitrogens is 2. The highest BCUT2D eigenvalue weighted by molar-refractivity contribution is 6.05. The number of alkyl halides is 3. The molecule has 32 heavy (non-hydrogen) atoms. The van der Waals surface area contributed by atoms with Crippen LogP contribution in [-0.4, -0.2) is 15.9 Å². The molecule has 0 atom stereocenters. The minimum atomic E-state index is -4.65. The molecule has 162 valence electrons. The number of hydrogen-bond acceptors (Lipinski definition) is 4. The van der Waals surface area contributed by atoms with Crippen LogP contribution in [0.4, 0.5) is 29.2 Å². The highest BCUT2D eigenvalue weighted by Crippen LogP contribution is 2.32. The fraction of sp³-hybridized carbons (Fsp3) is 0.0870. The van der Waals surface area contributed by atoms with Crippen LogP contribution in [0.2, 0.25) is 0 Å². The van der Waals surface area contributed by atoms with Crippen LogP contribution in [0.15, 0.2) is 60.8 Å². The molecule has 0 fully saturated rings. The van der Waals surface area contributed by atoms with E-state index in [1.165, 1.54) is 6.07 Å². The number of hydrogen-bond donors (Lipinski definition) is 2. The second kappa shape index (κ2) is 7.92. The summed E-state index contributed by atoms with van der Waals surface area (Å²) < 4.78 is 52.6. The van der Waals surface area contributed by atoms with Gasteiger partial charge in [-0.15, -0.1) is 0 Å². The lowest BCUT2D eigenvalue weighted by molar-refractivity contribution is -0.137. The lowest BCUT2D eigenvalue weighted by Gasteiger charge is -2.12. The van der Waals surface area contributed by atoms with Crippen molar-refractivity contribution in [3.05, 3.63) is 83.3 Å². The SMILES string of the molecule is Cc1cc(C(=O)Nc2cc(C(F)(F)F)ccc2F)ccc1-c1ccc2nc(N)ncc2c1. The summed E-state index contributed by atoms with van der Waals surface area (Å²) in [5.41, 5.74) is 7.32. The molecule has 0 aliphatic carbocycles. The number of aryl methyl sites for hydroxylation is 1. The van der Waals surface area contributed by atoms with Gasteiger partial charge in [0, 0.05) is 17.1 Å². The van der Waals surface area contributed by atoms with Gasteiger partial charge in [0.05, 0.1) is 16.8 Å². The molecule has 0 aliphatic heterocycles. The minimum absolute atomic E-state index is 0.175. The Hall–Kier alpha value is -4.01. The van der Waals surface area contributed by atoms with Crippen LogP contribution >= 0.6 is 0 Å². The van der Waals surface area contributed by atoms with Crippen LogP contribution in [0.25, 0.3) is 22.0 Å². The summed E-state index contributed by atoms with van der Waals surface area (Å²) >= 11 is 0. The fourth-order valence-corrected chi connectivity index (χ4v) is 3.34. The number of benzene rings is 3. The number of nitrogens with one attached hydrogen (secondary N) is 1. The molecule has 3 aromatic carbocycles. The van der Waals surface area contributed by atoms with Crippen molar-refractivity contribution in [2.75, 3.05) is 11.1 Å². The molecule has 1 aromatic heterocycles.